The van der Waals surface area contributed by atoms with Gasteiger partial charge in [0, 0.05) is 11.1 Å². The van der Waals surface area contributed by atoms with Crippen molar-refractivity contribution in [3.63, 3.8) is 0 Å². The van der Waals surface area contributed by atoms with Crippen LogP contribution in [0.4, 0.5) is 11.4 Å². The number of pyridine rings is 1. The summed E-state index contributed by atoms with van der Waals surface area (Å²) in [4.78, 5) is 45.7. The molecule has 12 heteroatoms. The van der Waals surface area contributed by atoms with E-state index in [-0.39, 0.29) is 20.8 Å². The van der Waals surface area contributed by atoms with E-state index in [1.54, 1.807) is 0 Å². The zero-order valence-electron chi connectivity index (χ0n) is 12.7. The number of aromatic nitrogens is 1. The normalized spacial score (nSPS) is 10.4. The molecule has 0 bridgehead atoms. The van der Waals surface area contributed by atoms with Gasteiger partial charge in [0.2, 0.25) is 5.91 Å². The van der Waals surface area contributed by atoms with Gasteiger partial charge in [0.1, 0.15) is 12.1 Å². The second-order valence-electron chi connectivity index (χ2n) is 4.96. The van der Waals surface area contributed by atoms with E-state index in [1.807, 2.05) is 0 Å². The first-order valence-electron chi connectivity index (χ1n) is 6.73. The number of nitro groups is 1. The Balaban J connectivity index is 2.36. The number of rotatable bonds is 5. The Labute approximate surface area is 160 Å². The number of amides is 2. The topological polar surface area (TPSA) is 137 Å². The van der Waals surface area contributed by atoms with E-state index in [9.17, 15) is 24.5 Å². The van der Waals surface area contributed by atoms with Crippen molar-refractivity contribution in [2.75, 3.05) is 5.32 Å². The molecule has 136 valence electrons. The van der Waals surface area contributed by atoms with E-state index in [2.05, 4.69) is 5.32 Å². The first-order valence-corrected chi connectivity index (χ1v) is 7.86. The highest BCUT2D eigenvalue weighted by atomic mass is 35.5. The van der Waals surface area contributed by atoms with E-state index in [0.29, 0.717) is 4.57 Å². The zero-order valence-corrected chi connectivity index (χ0v) is 14.9. The molecule has 0 atom stereocenters. The van der Waals surface area contributed by atoms with E-state index < -0.39 is 40.1 Å². The second kappa shape index (κ2) is 7.73. The number of benzene rings is 1. The number of hydrogen-bond donors (Lipinski definition) is 2. The smallest absolute Gasteiger partial charge is 0.286 e. The molecular formula is C14H9Cl3N4O5. The average Bonchev–Trinajstić information content (AvgIpc) is 2.52. The van der Waals surface area contributed by atoms with Crippen LogP contribution >= 0.6 is 34.8 Å². The highest BCUT2D eigenvalue weighted by Gasteiger charge is 2.19. The molecule has 2 amide bonds. The van der Waals surface area contributed by atoms with Crippen LogP contribution in [0.1, 0.15) is 10.4 Å². The molecule has 3 N–H and O–H groups in total. The van der Waals surface area contributed by atoms with Crippen LogP contribution in [-0.2, 0) is 11.3 Å². The predicted molar refractivity (Wildman–Crippen MR) is 96.0 cm³/mol. The van der Waals surface area contributed by atoms with Gasteiger partial charge in [-0.15, -0.1) is 0 Å². The standard InChI is InChI=1S/C14H9Cl3N4O5/c15-6-1-9(16)12(10(17)2-6)19-11(22)5-20-4-7(21(25)26)3-8(13(18)23)14(20)24/h1-4H,5H2,(H2,18,23)(H,19,22). The van der Waals surface area contributed by atoms with Crippen molar-refractivity contribution >= 4 is 58.0 Å². The van der Waals surface area contributed by atoms with Crippen molar-refractivity contribution in [2.45, 2.75) is 6.54 Å². The van der Waals surface area contributed by atoms with Crippen LogP contribution in [-0.4, -0.2) is 21.3 Å². The lowest BCUT2D eigenvalue weighted by Crippen LogP contribution is -2.33. The molecule has 0 fully saturated rings. The van der Waals surface area contributed by atoms with Gasteiger partial charge >= 0.3 is 0 Å². The lowest BCUT2D eigenvalue weighted by molar-refractivity contribution is -0.385. The number of hydrogen-bond acceptors (Lipinski definition) is 5. The minimum absolute atomic E-state index is 0.0522. The summed E-state index contributed by atoms with van der Waals surface area (Å²) in [7, 11) is 0. The quantitative estimate of drug-likeness (QED) is 0.566. The SMILES string of the molecule is NC(=O)c1cc([N+](=O)[O-])cn(CC(=O)Nc2c(Cl)cc(Cl)cc2Cl)c1=O. The molecule has 0 unspecified atom stereocenters. The summed E-state index contributed by atoms with van der Waals surface area (Å²) in [6.07, 6.45) is 0.819. The number of nitrogens with one attached hydrogen (secondary N) is 1. The fourth-order valence-electron chi connectivity index (χ4n) is 2.01. The first kappa shape index (κ1) is 19.7. The fraction of sp³-hybridized carbons (Fsp3) is 0.0714. The largest absolute Gasteiger partial charge is 0.365 e. The molecule has 0 radical (unpaired) electrons. The maximum Gasteiger partial charge on any atom is 0.286 e. The minimum atomic E-state index is -1.16. The summed E-state index contributed by atoms with van der Waals surface area (Å²) in [5, 5.41) is 13.7. The number of carbonyl (C=O) groups excluding carboxylic acids is 2. The third-order valence-corrected chi connectivity index (χ3v) is 3.95. The summed E-state index contributed by atoms with van der Waals surface area (Å²) in [5.41, 5.74) is 2.95. The molecule has 0 saturated heterocycles. The first-order chi connectivity index (χ1) is 12.1. The number of nitrogens with zero attached hydrogens (tertiary/aromatic N) is 2. The van der Waals surface area contributed by atoms with Crippen LogP contribution in [0, 0.1) is 10.1 Å². The second-order valence-corrected chi connectivity index (χ2v) is 6.21. The molecule has 0 aliphatic heterocycles. The molecular weight excluding hydrogens is 411 g/mol. The monoisotopic (exact) mass is 418 g/mol. The van der Waals surface area contributed by atoms with Gasteiger partial charge in [-0.1, -0.05) is 34.8 Å². The van der Waals surface area contributed by atoms with Gasteiger partial charge in [0.25, 0.3) is 17.2 Å². The molecule has 0 aliphatic carbocycles. The van der Waals surface area contributed by atoms with Crippen LogP contribution in [0.2, 0.25) is 15.1 Å². The molecule has 0 spiro atoms. The molecule has 0 aliphatic rings. The van der Waals surface area contributed by atoms with Crippen molar-refractivity contribution in [1.82, 2.24) is 4.57 Å². The summed E-state index contributed by atoms with van der Waals surface area (Å²) in [6.45, 7) is -0.643. The lowest BCUT2D eigenvalue weighted by atomic mass is 10.2. The van der Waals surface area contributed by atoms with Crippen molar-refractivity contribution in [3.8, 4) is 0 Å². The van der Waals surface area contributed by atoms with Crippen molar-refractivity contribution < 1.29 is 14.5 Å². The van der Waals surface area contributed by atoms with Gasteiger partial charge < -0.3 is 11.1 Å². The van der Waals surface area contributed by atoms with Crippen LogP contribution in [0.15, 0.2) is 29.2 Å². The summed E-state index contributed by atoms with van der Waals surface area (Å²) < 4.78 is 0.686. The number of nitrogens with two attached hydrogens (primary N) is 1. The van der Waals surface area contributed by atoms with E-state index in [1.165, 1.54) is 12.1 Å². The van der Waals surface area contributed by atoms with Crippen molar-refractivity contribution in [3.05, 3.63) is 65.5 Å². The van der Waals surface area contributed by atoms with Crippen LogP contribution in [0.25, 0.3) is 0 Å². The number of primary amides is 1. The summed E-state index contributed by atoms with van der Waals surface area (Å²) in [5.74, 6) is -1.93. The lowest BCUT2D eigenvalue weighted by Gasteiger charge is -2.11. The molecule has 2 rings (SSSR count). The van der Waals surface area contributed by atoms with Gasteiger partial charge in [-0.05, 0) is 12.1 Å². The number of carbonyl (C=O) groups is 2. The molecule has 1 aromatic carbocycles. The number of halogens is 3. The molecule has 26 heavy (non-hydrogen) atoms. The summed E-state index contributed by atoms with van der Waals surface area (Å²) >= 11 is 17.7. The Kier molecular flexibility index (Phi) is 5.86. The van der Waals surface area contributed by atoms with E-state index in [4.69, 9.17) is 40.5 Å². The molecule has 9 nitrogen and oxygen atoms in total. The van der Waals surface area contributed by atoms with Crippen LogP contribution in [0.5, 0.6) is 0 Å². The Hall–Kier alpha value is -2.62. The van der Waals surface area contributed by atoms with Crippen LogP contribution < -0.4 is 16.6 Å². The summed E-state index contributed by atoms with van der Waals surface area (Å²) in [6, 6.07) is 3.43. The van der Waals surface area contributed by atoms with Gasteiger partial charge in [-0.25, -0.2) is 0 Å². The van der Waals surface area contributed by atoms with Gasteiger partial charge in [-0.2, -0.15) is 0 Å². The Bertz CT molecular complexity index is 966. The van der Waals surface area contributed by atoms with Crippen molar-refractivity contribution in [1.29, 1.82) is 0 Å². The molecule has 0 saturated carbocycles. The zero-order chi connectivity index (χ0) is 19.6. The molecule has 2 aromatic rings. The predicted octanol–water partition coefficient (Wildman–Crippen LogP) is 2.45. The van der Waals surface area contributed by atoms with Gasteiger partial charge in [-0.3, -0.25) is 29.1 Å². The third kappa shape index (κ3) is 4.31. The molecule has 1 aromatic heterocycles. The van der Waals surface area contributed by atoms with Gasteiger partial charge in [0.15, 0.2) is 0 Å². The van der Waals surface area contributed by atoms with Gasteiger partial charge in [0.05, 0.1) is 26.9 Å². The third-order valence-electron chi connectivity index (χ3n) is 3.13. The maximum absolute atomic E-state index is 12.2. The maximum atomic E-state index is 12.2. The van der Waals surface area contributed by atoms with Crippen molar-refractivity contribution in [2.24, 2.45) is 5.73 Å². The molecule has 1 heterocycles. The highest BCUT2D eigenvalue weighted by molar-refractivity contribution is 6.42. The highest BCUT2D eigenvalue weighted by Crippen LogP contribution is 2.33. The van der Waals surface area contributed by atoms with E-state index in [0.717, 1.165) is 12.3 Å². The Morgan fingerprint density at radius 2 is 1.77 bits per heavy atom. The fourth-order valence-corrected chi connectivity index (χ4v) is 2.92. The van der Waals surface area contributed by atoms with Crippen LogP contribution in [0.3, 0.4) is 0 Å². The number of anilines is 1. The Morgan fingerprint density at radius 1 is 1.19 bits per heavy atom. The Morgan fingerprint density at radius 3 is 2.27 bits per heavy atom. The average molecular weight is 420 g/mol. The van der Waals surface area contributed by atoms with E-state index >= 15 is 0 Å². The minimum Gasteiger partial charge on any atom is -0.365 e.